The molecule has 0 spiro atoms. The lowest BCUT2D eigenvalue weighted by molar-refractivity contribution is -0.137. The molecule has 0 unspecified atom stereocenters. The molecule has 3 heterocycles. The van der Waals surface area contributed by atoms with Crippen LogP contribution in [0.4, 0.5) is 24.9 Å². The van der Waals surface area contributed by atoms with E-state index in [1.54, 1.807) is 19.2 Å². The van der Waals surface area contributed by atoms with Crippen molar-refractivity contribution in [2.45, 2.75) is 32.2 Å². The molecule has 1 aromatic carbocycles. The van der Waals surface area contributed by atoms with Gasteiger partial charge in [0.15, 0.2) is 0 Å². The third-order valence-electron chi connectivity index (χ3n) is 5.32. The number of alkyl halides is 3. The van der Waals surface area contributed by atoms with E-state index in [1.165, 1.54) is 6.07 Å². The van der Waals surface area contributed by atoms with Crippen LogP contribution in [0, 0.1) is 0 Å². The summed E-state index contributed by atoms with van der Waals surface area (Å²) < 4.78 is 38.9. The van der Waals surface area contributed by atoms with E-state index in [0.29, 0.717) is 53.0 Å². The van der Waals surface area contributed by atoms with Gasteiger partial charge in [-0.05, 0) is 38.1 Å². The molecule has 0 bridgehead atoms. The van der Waals surface area contributed by atoms with Gasteiger partial charge in [0.05, 0.1) is 27.7 Å². The third kappa shape index (κ3) is 3.91. The fourth-order valence-electron chi connectivity index (χ4n) is 3.68. The smallest absolute Gasteiger partial charge is 0.389 e. The summed E-state index contributed by atoms with van der Waals surface area (Å²) in [5.41, 5.74) is 0.791. The Morgan fingerprint density at radius 2 is 2.03 bits per heavy atom. The van der Waals surface area contributed by atoms with Crippen molar-refractivity contribution in [1.82, 2.24) is 15.0 Å². The number of aromatic amines is 1. The lowest BCUT2D eigenvalue weighted by atomic mass is 10.1. The van der Waals surface area contributed by atoms with Crippen LogP contribution in [0.5, 0.6) is 0 Å². The maximum atomic E-state index is 13.0. The quantitative estimate of drug-likeness (QED) is 0.633. The number of hydrogen-bond acceptors (Lipinski definition) is 5. The van der Waals surface area contributed by atoms with Crippen LogP contribution in [0.2, 0.25) is 5.02 Å². The summed E-state index contributed by atoms with van der Waals surface area (Å²) in [6.45, 7) is 5.50. The minimum Gasteiger partial charge on any atom is -0.389 e. The zero-order valence-electron chi connectivity index (χ0n) is 16.4. The monoisotopic (exact) mass is 439 g/mol. The molecule has 0 saturated carbocycles. The van der Waals surface area contributed by atoms with E-state index in [-0.39, 0.29) is 6.04 Å². The minimum atomic E-state index is -4.39. The number of pyridine rings is 1. The minimum absolute atomic E-state index is 0.0238. The molecule has 0 radical (unpaired) electrons. The molecule has 1 aliphatic rings. The highest BCUT2D eigenvalue weighted by atomic mass is 35.5. The van der Waals surface area contributed by atoms with Crippen LogP contribution in [0.25, 0.3) is 11.0 Å². The molecule has 2 aromatic heterocycles. The number of aromatic nitrogens is 3. The molecule has 4 rings (SSSR count). The van der Waals surface area contributed by atoms with Crippen LogP contribution >= 0.6 is 11.6 Å². The number of aliphatic hydroxyl groups excluding tert-OH is 1. The summed E-state index contributed by atoms with van der Waals surface area (Å²) in [4.78, 5) is 16.0. The van der Waals surface area contributed by atoms with Gasteiger partial charge < -0.3 is 19.9 Å². The van der Waals surface area contributed by atoms with E-state index in [0.717, 1.165) is 12.1 Å². The number of nitrogens with one attached hydrogen (secondary N) is 1. The van der Waals surface area contributed by atoms with Crippen molar-refractivity contribution in [2.75, 3.05) is 29.4 Å². The molecule has 2 N–H and O–H groups in total. The Bertz CT molecular complexity index is 1070. The standard InChI is InChI=1S/C20H21ClF3N5O/c1-11-10-28(18-15(21)7-13(9-25-18)12(2)30)5-6-29(11)19-26-16-4-3-14(20(22,23)24)8-17(16)27-19/h3-4,7-9,11-12,30H,5-6,10H2,1-2H3,(H,26,27)/t11-,12-/m1/s1. The molecular weight excluding hydrogens is 419 g/mol. The lowest BCUT2D eigenvalue weighted by Crippen LogP contribution is -2.52. The third-order valence-corrected chi connectivity index (χ3v) is 5.60. The SMILES string of the molecule is C[C@@H]1CN(c2ncc([C@@H](C)O)cc2Cl)CCN1c1nc2ccc(C(F)(F)F)cc2[nH]1. The van der Waals surface area contributed by atoms with Gasteiger partial charge in [-0.2, -0.15) is 13.2 Å². The summed E-state index contributed by atoms with van der Waals surface area (Å²) in [6.07, 6.45) is -3.43. The molecule has 2 atom stereocenters. The molecule has 3 aromatic rings. The second kappa shape index (κ2) is 7.63. The normalized spacial score (nSPS) is 18.8. The predicted molar refractivity (Wildman–Crippen MR) is 110 cm³/mol. The van der Waals surface area contributed by atoms with Crippen molar-refractivity contribution in [3.8, 4) is 0 Å². The summed E-state index contributed by atoms with van der Waals surface area (Å²) in [5, 5.41) is 10.2. The highest BCUT2D eigenvalue weighted by Gasteiger charge is 2.32. The van der Waals surface area contributed by atoms with Crippen molar-refractivity contribution < 1.29 is 18.3 Å². The average Bonchev–Trinajstić information content (AvgIpc) is 3.10. The number of anilines is 2. The Hall–Kier alpha value is -2.52. The van der Waals surface area contributed by atoms with Gasteiger partial charge >= 0.3 is 6.18 Å². The van der Waals surface area contributed by atoms with Gasteiger partial charge in [0.2, 0.25) is 5.95 Å². The van der Waals surface area contributed by atoms with Gasteiger partial charge in [0.1, 0.15) is 5.82 Å². The molecule has 0 aliphatic carbocycles. The van der Waals surface area contributed by atoms with Crippen LogP contribution in [0.1, 0.15) is 31.1 Å². The zero-order chi connectivity index (χ0) is 21.6. The first-order chi connectivity index (χ1) is 14.1. The fraction of sp³-hybridized carbons (Fsp3) is 0.400. The molecule has 0 amide bonds. The number of rotatable bonds is 3. The average molecular weight is 440 g/mol. The Labute approximate surface area is 176 Å². The summed E-state index contributed by atoms with van der Waals surface area (Å²) in [5.74, 6) is 1.19. The van der Waals surface area contributed by atoms with Crippen molar-refractivity contribution in [3.05, 3.63) is 46.6 Å². The number of nitrogens with zero attached hydrogens (tertiary/aromatic N) is 4. The molecule has 160 valence electrons. The second-order valence-corrected chi connectivity index (χ2v) is 7.94. The summed E-state index contributed by atoms with van der Waals surface area (Å²) in [7, 11) is 0. The molecule has 1 saturated heterocycles. The van der Waals surface area contributed by atoms with Gasteiger partial charge in [-0.25, -0.2) is 9.97 Å². The Morgan fingerprint density at radius 3 is 2.67 bits per heavy atom. The number of aliphatic hydroxyl groups is 1. The Balaban J connectivity index is 1.53. The Kier molecular flexibility index (Phi) is 5.27. The number of halogens is 4. The highest BCUT2D eigenvalue weighted by molar-refractivity contribution is 6.33. The molecule has 1 fully saturated rings. The van der Waals surface area contributed by atoms with Crippen LogP contribution < -0.4 is 9.80 Å². The van der Waals surface area contributed by atoms with E-state index in [2.05, 4.69) is 19.9 Å². The maximum absolute atomic E-state index is 13.0. The van der Waals surface area contributed by atoms with Gasteiger partial charge in [0, 0.05) is 37.4 Å². The fourth-order valence-corrected chi connectivity index (χ4v) is 3.97. The number of hydrogen-bond donors (Lipinski definition) is 2. The van der Waals surface area contributed by atoms with Crippen LogP contribution in [0.3, 0.4) is 0 Å². The highest BCUT2D eigenvalue weighted by Crippen LogP contribution is 2.33. The first-order valence-electron chi connectivity index (χ1n) is 9.55. The number of piperazine rings is 1. The van der Waals surface area contributed by atoms with Crippen LogP contribution in [-0.2, 0) is 6.18 Å². The van der Waals surface area contributed by atoms with Gasteiger partial charge in [0.25, 0.3) is 0 Å². The first kappa shape index (κ1) is 20.7. The Morgan fingerprint density at radius 1 is 1.27 bits per heavy atom. The molecule has 10 heteroatoms. The molecule has 6 nitrogen and oxygen atoms in total. The van der Waals surface area contributed by atoms with Crippen molar-refractivity contribution in [1.29, 1.82) is 0 Å². The lowest BCUT2D eigenvalue weighted by Gasteiger charge is -2.40. The predicted octanol–water partition coefficient (Wildman–Crippen LogP) is 4.40. The molecule has 1 aliphatic heterocycles. The van der Waals surface area contributed by atoms with E-state index in [1.807, 2.05) is 11.8 Å². The van der Waals surface area contributed by atoms with E-state index >= 15 is 0 Å². The van der Waals surface area contributed by atoms with E-state index in [4.69, 9.17) is 11.6 Å². The zero-order valence-corrected chi connectivity index (χ0v) is 17.2. The van der Waals surface area contributed by atoms with E-state index < -0.39 is 17.8 Å². The van der Waals surface area contributed by atoms with E-state index in [9.17, 15) is 18.3 Å². The number of imidazole rings is 1. The maximum Gasteiger partial charge on any atom is 0.416 e. The number of H-pyrrole nitrogens is 1. The van der Waals surface area contributed by atoms with Crippen molar-refractivity contribution in [3.63, 3.8) is 0 Å². The number of fused-ring (bicyclic) bond motifs is 1. The second-order valence-electron chi connectivity index (χ2n) is 7.53. The van der Waals surface area contributed by atoms with Gasteiger partial charge in [-0.3, -0.25) is 0 Å². The largest absolute Gasteiger partial charge is 0.416 e. The van der Waals surface area contributed by atoms with Gasteiger partial charge in [-0.1, -0.05) is 11.6 Å². The van der Waals surface area contributed by atoms with Crippen LogP contribution in [0.15, 0.2) is 30.5 Å². The summed E-state index contributed by atoms with van der Waals surface area (Å²) >= 11 is 6.37. The van der Waals surface area contributed by atoms with Crippen molar-refractivity contribution >= 4 is 34.4 Å². The number of benzene rings is 1. The van der Waals surface area contributed by atoms with Crippen molar-refractivity contribution in [2.24, 2.45) is 0 Å². The first-order valence-corrected chi connectivity index (χ1v) is 9.93. The molecule has 30 heavy (non-hydrogen) atoms. The van der Waals surface area contributed by atoms with Gasteiger partial charge in [-0.15, -0.1) is 0 Å². The topological polar surface area (TPSA) is 68.3 Å². The summed E-state index contributed by atoms with van der Waals surface area (Å²) in [6, 6.07) is 5.24. The molecular formula is C20H21ClF3N5O. The van der Waals surface area contributed by atoms with Crippen LogP contribution in [-0.4, -0.2) is 45.7 Å².